The Morgan fingerprint density at radius 1 is 1.14 bits per heavy atom. The fraction of sp³-hybridized carbons (Fsp3) is 0.611. The van der Waals surface area contributed by atoms with Gasteiger partial charge in [0.2, 0.25) is 5.91 Å². The Morgan fingerprint density at radius 3 is 2.24 bits per heavy atom. The van der Waals surface area contributed by atoms with Gasteiger partial charge >= 0.3 is 0 Å². The molecule has 0 aliphatic carbocycles. The average Bonchev–Trinajstić information content (AvgIpc) is 2.33. The first-order chi connectivity index (χ1) is 9.59. The smallest absolute Gasteiger partial charge is 0.233 e. The molecule has 21 heavy (non-hydrogen) atoms. The van der Waals surface area contributed by atoms with E-state index < -0.39 is 0 Å². The van der Waals surface area contributed by atoms with Crippen molar-refractivity contribution in [1.82, 2.24) is 5.32 Å². The third-order valence-corrected chi connectivity index (χ3v) is 4.36. The van der Waals surface area contributed by atoms with Crippen LogP contribution in [0.2, 0.25) is 0 Å². The topological polar surface area (TPSA) is 29.1 Å². The lowest BCUT2D eigenvalue weighted by molar-refractivity contribution is -0.122. The summed E-state index contributed by atoms with van der Waals surface area (Å²) in [7, 11) is 0. The first-order valence-electron chi connectivity index (χ1n) is 7.57. The van der Waals surface area contributed by atoms with Gasteiger partial charge in [-0.25, -0.2) is 0 Å². The Bertz CT molecular complexity index is 448. The lowest BCUT2D eigenvalue weighted by atomic mass is 9.82. The van der Waals surface area contributed by atoms with Crippen LogP contribution < -0.4 is 5.32 Å². The van der Waals surface area contributed by atoms with Crippen LogP contribution in [-0.2, 0) is 10.5 Å². The molecule has 1 rings (SSSR count). The van der Waals surface area contributed by atoms with E-state index in [2.05, 4.69) is 52.1 Å². The molecular formula is C18H29NOS. The largest absolute Gasteiger partial charge is 0.350 e. The molecule has 1 unspecified atom stereocenters. The minimum absolute atomic E-state index is 0.0375. The van der Waals surface area contributed by atoms with Gasteiger partial charge in [-0.3, -0.25) is 4.79 Å². The van der Waals surface area contributed by atoms with E-state index in [1.165, 1.54) is 5.56 Å². The summed E-state index contributed by atoms with van der Waals surface area (Å²) in [5.41, 5.74) is 1.30. The Morgan fingerprint density at radius 2 is 1.71 bits per heavy atom. The SMILES string of the molecule is CC(SCc1ccccc1)C(=O)NC(C)(C)CC(C)(C)C. The summed E-state index contributed by atoms with van der Waals surface area (Å²) in [6, 6.07) is 10.3. The molecule has 0 fully saturated rings. The first-order valence-corrected chi connectivity index (χ1v) is 8.61. The van der Waals surface area contributed by atoms with E-state index in [1.807, 2.05) is 25.1 Å². The molecule has 0 heterocycles. The summed E-state index contributed by atoms with van der Waals surface area (Å²) in [6.07, 6.45) is 0.960. The fourth-order valence-electron chi connectivity index (χ4n) is 2.68. The summed E-state index contributed by atoms with van der Waals surface area (Å²) < 4.78 is 0. The highest BCUT2D eigenvalue weighted by atomic mass is 32.2. The minimum Gasteiger partial charge on any atom is -0.350 e. The van der Waals surface area contributed by atoms with E-state index in [1.54, 1.807) is 11.8 Å². The van der Waals surface area contributed by atoms with Crippen molar-refractivity contribution < 1.29 is 4.79 Å². The van der Waals surface area contributed by atoms with Crippen molar-refractivity contribution in [3.8, 4) is 0 Å². The van der Waals surface area contributed by atoms with Gasteiger partial charge in [0.15, 0.2) is 0 Å². The van der Waals surface area contributed by atoms with Crippen LogP contribution in [0.4, 0.5) is 0 Å². The predicted molar refractivity (Wildman–Crippen MR) is 93.5 cm³/mol. The highest BCUT2D eigenvalue weighted by Crippen LogP contribution is 2.27. The van der Waals surface area contributed by atoms with Crippen molar-refractivity contribution in [3.05, 3.63) is 35.9 Å². The molecule has 2 nitrogen and oxygen atoms in total. The monoisotopic (exact) mass is 307 g/mol. The van der Waals surface area contributed by atoms with Gasteiger partial charge in [-0.05, 0) is 38.2 Å². The van der Waals surface area contributed by atoms with Gasteiger partial charge in [-0.15, -0.1) is 11.8 Å². The number of rotatable bonds is 6. The second-order valence-corrected chi connectivity index (χ2v) is 8.88. The molecular weight excluding hydrogens is 278 g/mol. The third-order valence-electron chi connectivity index (χ3n) is 3.15. The summed E-state index contributed by atoms with van der Waals surface area (Å²) >= 11 is 1.68. The number of thioether (sulfide) groups is 1. The third kappa shape index (κ3) is 7.56. The maximum atomic E-state index is 12.3. The zero-order chi connectivity index (χ0) is 16.1. The molecule has 1 atom stereocenters. The fourth-order valence-corrected chi connectivity index (χ4v) is 3.52. The lowest BCUT2D eigenvalue weighted by Gasteiger charge is -2.34. The molecule has 0 aliphatic rings. The summed E-state index contributed by atoms with van der Waals surface area (Å²) in [5.74, 6) is 1.000. The number of hydrogen-bond donors (Lipinski definition) is 1. The normalized spacial score (nSPS) is 13.8. The summed E-state index contributed by atoms with van der Waals surface area (Å²) in [5, 5.41) is 3.15. The minimum atomic E-state index is -0.170. The van der Waals surface area contributed by atoms with Crippen LogP contribution in [-0.4, -0.2) is 16.7 Å². The molecule has 0 radical (unpaired) electrons. The molecule has 118 valence electrons. The molecule has 0 spiro atoms. The van der Waals surface area contributed by atoms with Gasteiger partial charge in [0.25, 0.3) is 0 Å². The number of hydrogen-bond acceptors (Lipinski definition) is 2. The van der Waals surface area contributed by atoms with Gasteiger partial charge in [0.05, 0.1) is 5.25 Å². The molecule has 3 heteroatoms. The molecule has 0 saturated heterocycles. The second kappa shape index (κ2) is 7.35. The molecule has 1 N–H and O–H groups in total. The van der Waals surface area contributed by atoms with E-state index in [0.717, 1.165) is 12.2 Å². The standard InChI is InChI=1S/C18H29NOS/c1-14(21-12-15-10-8-7-9-11-15)16(20)19-18(5,6)13-17(2,3)4/h7-11,14H,12-13H2,1-6H3,(H,19,20). The summed E-state index contributed by atoms with van der Waals surface area (Å²) in [4.78, 5) is 12.3. The van der Waals surface area contributed by atoms with Gasteiger partial charge in [-0.1, -0.05) is 51.1 Å². The lowest BCUT2D eigenvalue weighted by Crippen LogP contribution is -2.48. The molecule has 0 aromatic heterocycles. The van der Waals surface area contributed by atoms with Crippen LogP contribution in [0.3, 0.4) is 0 Å². The van der Waals surface area contributed by atoms with Crippen LogP contribution in [0.1, 0.15) is 53.5 Å². The van der Waals surface area contributed by atoms with Crippen molar-refractivity contribution in [3.63, 3.8) is 0 Å². The van der Waals surface area contributed by atoms with E-state index in [0.29, 0.717) is 0 Å². The van der Waals surface area contributed by atoms with Crippen LogP contribution in [0.25, 0.3) is 0 Å². The second-order valence-electron chi connectivity index (χ2n) is 7.55. The molecule has 0 saturated carbocycles. The Labute approximate surface area is 134 Å². The molecule has 1 amide bonds. The van der Waals surface area contributed by atoms with Gasteiger partial charge in [-0.2, -0.15) is 0 Å². The number of nitrogens with one attached hydrogen (secondary N) is 1. The predicted octanol–water partition coefficient (Wildman–Crippen LogP) is 4.64. The highest BCUT2D eigenvalue weighted by molar-refractivity contribution is 7.99. The maximum Gasteiger partial charge on any atom is 0.233 e. The van der Waals surface area contributed by atoms with Crippen molar-refractivity contribution >= 4 is 17.7 Å². The van der Waals surface area contributed by atoms with E-state index in [9.17, 15) is 4.79 Å². The van der Waals surface area contributed by atoms with E-state index in [4.69, 9.17) is 0 Å². The van der Waals surface area contributed by atoms with Crippen LogP contribution in [0.15, 0.2) is 30.3 Å². The quantitative estimate of drug-likeness (QED) is 0.829. The summed E-state index contributed by atoms with van der Waals surface area (Å²) in [6.45, 7) is 12.8. The van der Waals surface area contributed by atoms with Crippen LogP contribution >= 0.6 is 11.8 Å². The Hall–Kier alpha value is -0.960. The molecule has 0 bridgehead atoms. The van der Waals surface area contributed by atoms with E-state index in [-0.39, 0.29) is 22.1 Å². The Kier molecular flexibility index (Phi) is 6.33. The number of carbonyl (C=O) groups is 1. The van der Waals surface area contributed by atoms with Gasteiger partial charge < -0.3 is 5.32 Å². The number of amides is 1. The number of benzene rings is 1. The maximum absolute atomic E-state index is 12.3. The molecule has 1 aromatic carbocycles. The van der Waals surface area contributed by atoms with Crippen molar-refractivity contribution in [2.75, 3.05) is 0 Å². The van der Waals surface area contributed by atoms with Crippen molar-refractivity contribution in [2.45, 2.75) is 64.5 Å². The van der Waals surface area contributed by atoms with Gasteiger partial charge in [0, 0.05) is 11.3 Å². The number of carbonyl (C=O) groups excluding carboxylic acids is 1. The molecule has 1 aromatic rings. The van der Waals surface area contributed by atoms with Crippen molar-refractivity contribution in [2.24, 2.45) is 5.41 Å². The zero-order valence-electron chi connectivity index (χ0n) is 14.2. The van der Waals surface area contributed by atoms with Crippen molar-refractivity contribution in [1.29, 1.82) is 0 Å². The first kappa shape index (κ1) is 18.1. The Balaban J connectivity index is 2.47. The van der Waals surface area contributed by atoms with Crippen LogP contribution in [0, 0.1) is 5.41 Å². The van der Waals surface area contributed by atoms with Crippen LogP contribution in [0.5, 0.6) is 0 Å². The molecule has 0 aliphatic heterocycles. The van der Waals surface area contributed by atoms with E-state index >= 15 is 0 Å². The zero-order valence-corrected chi connectivity index (χ0v) is 15.0. The average molecular weight is 308 g/mol. The highest BCUT2D eigenvalue weighted by Gasteiger charge is 2.28. The van der Waals surface area contributed by atoms with Gasteiger partial charge in [0.1, 0.15) is 0 Å².